The van der Waals surface area contributed by atoms with E-state index in [1.807, 2.05) is 24.3 Å². The van der Waals surface area contributed by atoms with Crippen LogP contribution in [0.3, 0.4) is 0 Å². The van der Waals surface area contributed by atoms with Crippen LogP contribution in [0.2, 0.25) is 0 Å². The number of aromatic nitrogens is 8. The Bertz CT molecular complexity index is 4400. The fourth-order valence-electron chi connectivity index (χ4n) is 11.6. The predicted molar refractivity (Wildman–Crippen MR) is 305 cm³/mol. The van der Waals surface area contributed by atoms with Gasteiger partial charge in [-0.1, -0.05) is 127 Å². The van der Waals surface area contributed by atoms with Gasteiger partial charge >= 0.3 is 0 Å². The molecule has 0 bridgehead atoms. The molecule has 352 valence electrons. The van der Waals surface area contributed by atoms with Gasteiger partial charge in [-0.15, -0.1) is 0 Å². The van der Waals surface area contributed by atoms with Crippen LogP contribution in [0, 0.1) is 0 Å². The van der Waals surface area contributed by atoms with Crippen molar-refractivity contribution in [2.75, 3.05) is 0 Å². The van der Waals surface area contributed by atoms with Crippen LogP contribution in [-0.4, -0.2) is 38.6 Å². The summed E-state index contributed by atoms with van der Waals surface area (Å²) in [6.07, 6.45) is 13.7. The molecule has 0 radical (unpaired) electrons. The van der Waals surface area contributed by atoms with E-state index in [1.54, 1.807) is 24.8 Å². The third-order valence-corrected chi connectivity index (χ3v) is 15.0. The van der Waals surface area contributed by atoms with Gasteiger partial charge in [0, 0.05) is 102 Å². The lowest BCUT2D eigenvalue weighted by Crippen LogP contribution is -2.05. The van der Waals surface area contributed by atoms with Crippen LogP contribution in [0.5, 0.6) is 0 Å². The van der Waals surface area contributed by atoms with Crippen LogP contribution in [0.15, 0.2) is 237 Å². The van der Waals surface area contributed by atoms with Crippen molar-refractivity contribution >= 4 is 60.6 Å². The zero-order chi connectivity index (χ0) is 49.4. The van der Waals surface area contributed by atoms with Gasteiger partial charge in [0.25, 0.3) is 0 Å². The molecule has 0 amide bonds. The van der Waals surface area contributed by atoms with E-state index in [2.05, 4.69) is 218 Å². The van der Waals surface area contributed by atoms with Crippen molar-refractivity contribution in [1.29, 1.82) is 0 Å². The van der Waals surface area contributed by atoms with E-state index in [1.165, 1.54) is 44.0 Å². The average molecular weight is 961 g/mol. The highest BCUT2D eigenvalue weighted by Gasteiger charge is 2.26. The maximum atomic E-state index is 5.24. The number of benzene rings is 8. The van der Waals surface area contributed by atoms with E-state index in [4.69, 9.17) is 15.0 Å². The van der Waals surface area contributed by atoms with Gasteiger partial charge in [0.15, 0.2) is 17.5 Å². The maximum Gasteiger partial charge on any atom is 0.164 e. The summed E-state index contributed by atoms with van der Waals surface area (Å²) in [4.78, 5) is 24.1. The van der Waals surface area contributed by atoms with Crippen LogP contribution < -0.4 is 0 Å². The molecule has 6 aromatic heterocycles. The number of pyridine rings is 2. The summed E-state index contributed by atoms with van der Waals surface area (Å²) in [6.45, 7) is 0. The highest BCUT2D eigenvalue weighted by atomic mass is 15.0. The lowest BCUT2D eigenvalue weighted by molar-refractivity contribution is 0.889. The van der Waals surface area contributed by atoms with Gasteiger partial charge in [0.05, 0.1) is 33.3 Å². The molecular weight excluding hydrogens is 917 g/mol. The Balaban J connectivity index is 1.05. The van der Waals surface area contributed by atoms with E-state index < -0.39 is 0 Å². The van der Waals surface area contributed by atoms with Gasteiger partial charge in [-0.2, -0.15) is 0 Å². The molecule has 0 unspecified atom stereocenters. The Hall–Kier alpha value is -10.1. The minimum Gasteiger partial charge on any atom is -0.313 e. The van der Waals surface area contributed by atoms with E-state index in [-0.39, 0.29) is 0 Å². The number of hydrogen-bond acceptors (Lipinski definition) is 5. The SMILES string of the molecule is C1=Cc2c(n(-c3ccc4c(c3)c3cc(-n5c6ccccc6c6ccccc65)ccc3n4-c3c(-c4ccccc4)cc(-c4nc(-c5ccncc5)nc(-c5ccncc5)n4)cc3-c3ccccc3)c3ccccc23)CC1. The summed E-state index contributed by atoms with van der Waals surface area (Å²) in [7, 11) is 0. The summed E-state index contributed by atoms with van der Waals surface area (Å²) in [5.41, 5.74) is 18.5. The minimum atomic E-state index is 0.560. The molecule has 8 aromatic carbocycles. The molecule has 75 heavy (non-hydrogen) atoms. The number of fused-ring (bicyclic) bond motifs is 9. The minimum absolute atomic E-state index is 0.560. The second kappa shape index (κ2) is 17.3. The molecule has 1 aliphatic rings. The molecule has 0 saturated heterocycles. The summed E-state index contributed by atoms with van der Waals surface area (Å²) >= 11 is 0. The fourth-order valence-corrected chi connectivity index (χ4v) is 11.6. The zero-order valence-corrected chi connectivity index (χ0v) is 40.6. The van der Waals surface area contributed by atoms with Gasteiger partial charge in [-0.3, -0.25) is 9.97 Å². The maximum absolute atomic E-state index is 5.24. The molecule has 8 nitrogen and oxygen atoms in total. The van der Waals surface area contributed by atoms with E-state index in [0.717, 1.165) is 90.7 Å². The number of nitrogens with zero attached hydrogens (tertiary/aromatic N) is 8. The molecule has 0 saturated carbocycles. The van der Waals surface area contributed by atoms with E-state index in [0.29, 0.717) is 17.5 Å². The Morgan fingerprint density at radius 3 is 1.31 bits per heavy atom. The summed E-state index contributed by atoms with van der Waals surface area (Å²) in [6, 6.07) is 74.2. The summed E-state index contributed by atoms with van der Waals surface area (Å²) < 4.78 is 7.43. The van der Waals surface area contributed by atoms with Crippen LogP contribution in [0.25, 0.3) is 134 Å². The Kier molecular flexibility index (Phi) is 9.84. The van der Waals surface area contributed by atoms with Crippen molar-refractivity contribution in [3.05, 3.63) is 248 Å². The van der Waals surface area contributed by atoms with E-state index >= 15 is 0 Å². The van der Waals surface area contributed by atoms with Crippen LogP contribution in [0.1, 0.15) is 17.7 Å². The number of para-hydroxylation sites is 3. The molecule has 6 heterocycles. The van der Waals surface area contributed by atoms with Gasteiger partial charge in [0.2, 0.25) is 0 Å². The molecule has 0 atom stereocenters. The lowest BCUT2D eigenvalue weighted by atomic mass is 9.92. The third-order valence-electron chi connectivity index (χ3n) is 15.0. The van der Waals surface area contributed by atoms with Gasteiger partial charge in [-0.25, -0.2) is 15.0 Å². The van der Waals surface area contributed by atoms with Crippen LogP contribution >= 0.6 is 0 Å². The van der Waals surface area contributed by atoms with Crippen molar-refractivity contribution in [1.82, 2.24) is 38.6 Å². The second-order valence-electron chi connectivity index (χ2n) is 19.2. The molecule has 0 N–H and O–H groups in total. The normalized spacial score (nSPS) is 12.4. The quantitative estimate of drug-likeness (QED) is 0.152. The first-order valence-electron chi connectivity index (χ1n) is 25.4. The van der Waals surface area contributed by atoms with Gasteiger partial charge < -0.3 is 13.7 Å². The molecule has 15 rings (SSSR count). The summed E-state index contributed by atoms with van der Waals surface area (Å²) in [5, 5.41) is 6.05. The Morgan fingerprint density at radius 1 is 0.333 bits per heavy atom. The van der Waals surface area contributed by atoms with Crippen molar-refractivity contribution in [2.45, 2.75) is 12.8 Å². The number of rotatable bonds is 8. The molecule has 14 aromatic rings. The first-order chi connectivity index (χ1) is 37.2. The predicted octanol–water partition coefficient (Wildman–Crippen LogP) is 16.1. The lowest BCUT2D eigenvalue weighted by Gasteiger charge is -2.21. The van der Waals surface area contributed by atoms with Gasteiger partial charge in [-0.05, 0) is 115 Å². The van der Waals surface area contributed by atoms with Gasteiger partial charge in [0.1, 0.15) is 0 Å². The highest BCUT2D eigenvalue weighted by molar-refractivity contribution is 6.14. The fraction of sp³-hybridized carbons (Fsp3) is 0.0299. The molecule has 1 aliphatic carbocycles. The standard InChI is InChI=1S/C67H44N8/c1-3-15-43(16-4-1)54-39-47(67-71-65(45-31-35-68-36-32-45)70-66(72-67)46-33-37-69-38-34-46)40-55(44-17-5-2-6-18-44)64(54)75-62-29-27-48(73-58-23-11-7-19-50(58)51-20-8-12-24-59(51)73)41-56(62)57-42-49(28-30-63(57)75)74-60-25-13-9-21-52(60)53-22-10-14-26-61(53)74/h1-13,15-25,27-42H,14,26H2. The van der Waals surface area contributed by atoms with Crippen LogP contribution in [-0.2, 0) is 6.42 Å². The zero-order valence-electron chi connectivity index (χ0n) is 40.6. The second-order valence-corrected chi connectivity index (χ2v) is 19.2. The number of hydrogen-bond donors (Lipinski definition) is 0. The molecule has 0 aliphatic heterocycles. The first kappa shape index (κ1) is 42.6. The van der Waals surface area contributed by atoms with Crippen LogP contribution in [0.4, 0.5) is 0 Å². The topological polar surface area (TPSA) is 79.2 Å². The molecule has 8 heteroatoms. The number of allylic oxidation sites excluding steroid dienone is 1. The first-order valence-corrected chi connectivity index (χ1v) is 25.4. The highest BCUT2D eigenvalue weighted by Crippen LogP contribution is 2.46. The van der Waals surface area contributed by atoms with Crippen molar-refractivity contribution in [2.24, 2.45) is 0 Å². The van der Waals surface area contributed by atoms with Crippen molar-refractivity contribution < 1.29 is 0 Å². The monoisotopic (exact) mass is 960 g/mol. The Morgan fingerprint density at radius 2 is 0.773 bits per heavy atom. The van der Waals surface area contributed by atoms with E-state index in [9.17, 15) is 0 Å². The smallest absolute Gasteiger partial charge is 0.164 e. The summed E-state index contributed by atoms with van der Waals surface area (Å²) in [5.74, 6) is 1.68. The van der Waals surface area contributed by atoms with Crippen molar-refractivity contribution in [3.8, 4) is 73.5 Å². The Labute approximate surface area is 431 Å². The average Bonchev–Trinajstić information content (AvgIpc) is 4.19. The molecular formula is C67H44N8. The third kappa shape index (κ3) is 6.95. The van der Waals surface area contributed by atoms with Crippen molar-refractivity contribution in [3.63, 3.8) is 0 Å². The molecule has 0 fully saturated rings. The molecule has 0 spiro atoms. The largest absolute Gasteiger partial charge is 0.313 e.